The second kappa shape index (κ2) is 14.5. The van der Waals surface area contributed by atoms with Gasteiger partial charge in [0.25, 0.3) is 0 Å². The lowest BCUT2D eigenvalue weighted by Gasteiger charge is -2.36. The third-order valence-electron chi connectivity index (χ3n) is 9.17. The number of rotatable bonds is 11. The number of carbonyl (C=O) groups excluding carboxylic acids is 2. The molecule has 0 aliphatic carbocycles. The first kappa shape index (κ1) is 31.2. The SMILES string of the molecule is CC(C)CN(C[C@@H](O)C(Cc1ccccc1)NC(=O)O[C@H]1CCOC(C2CCCO2)C1)C1CC2(CCOCC2)NC1=O. The van der Waals surface area contributed by atoms with Gasteiger partial charge in [-0.05, 0) is 50.0 Å². The normalized spacial score (nSPS) is 29.0. The van der Waals surface area contributed by atoms with Crippen LogP contribution in [0.3, 0.4) is 0 Å². The van der Waals surface area contributed by atoms with Crippen LogP contribution in [-0.4, -0.2) is 104 Å². The number of aliphatic hydroxyl groups excluding tert-OH is 1. The van der Waals surface area contributed by atoms with Gasteiger partial charge in [-0.2, -0.15) is 0 Å². The number of carbonyl (C=O) groups is 2. The zero-order valence-corrected chi connectivity index (χ0v) is 25.2. The van der Waals surface area contributed by atoms with Crippen molar-refractivity contribution in [3.63, 3.8) is 0 Å². The molecule has 5 rings (SSSR count). The van der Waals surface area contributed by atoms with Crippen molar-refractivity contribution in [3.8, 4) is 0 Å². The Balaban J connectivity index is 1.25. The average molecular weight is 588 g/mol. The minimum Gasteiger partial charge on any atom is -0.446 e. The Morgan fingerprint density at radius 3 is 2.57 bits per heavy atom. The van der Waals surface area contributed by atoms with E-state index in [1.165, 1.54) is 0 Å². The maximum Gasteiger partial charge on any atom is 0.407 e. The number of nitrogens with one attached hydrogen (secondary N) is 2. The van der Waals surface area contributed by atoms with Crippen LogP contribution in [-0.2, 0) is 30.2 Å². The number of nitrogens with zero attached hydrogens (tertiary/aromatic N) is 1. The van der Waals surface area contributed by atoms with Gasteiger partial charge in [0.2, 0.25) is 5.91 Å². The summed E-state index contributed by atoms with van der Waals surface area (Å²) in [5.41, 5.74) is 0.762. The monoisotopic (exact) mass is 587 g/mol. The second-order valence-corrected chi connectivity index (χ2v) is 13.0. The molecule has 10 nitrogen and oxygen atoms in total. The first-order chi connectivity index (χ1) is 20.3. The molecular weight excluding hydrogens is 538 g/mol. The Bertz CT molecular complexity index is 1010. The number of benzene rings is 1. The minimum atomic E-state index is -0.912. The van der Waals surface area contributed by atoms with Gasteiger partial charge in [-0.3, -0.25) is 9.69 Å². The molecule has 42 heavy (non-hydrogen) atoms. The van der Waals surface area contributed by atoms with Gasteiger partial charge in [-0.1, -0.05) is 44.2 Å². The molecule has 1 spiro atoms. The van der Waals surface area contributed by atoms with Gasteiger partial charge in [0.15, 0.2) is 0 Å². The molecule has 4 unspecified atom stereocenters. The molecule has 2 amide bonds. The van der Waals surface area contributed by atoms with Crippen molar-refractivity contribution in [2.45, 2.75) is 107 Å². The quantitative estimate of drug-likeness (QED) is 0.362. The highest BCUT2D eigenvalue weighted by Gasteiger charge is 2.47. The van der Waals surface area contributed by atoms with E-state index < -0.39 is 18.2 Å². The van der Waals surface area contributed by atoms with Crippen molar-refractivity contribution in [1.82, 2.24) is 15.5 Å². The van der Waals surface area contributed by atoms with E-state index in [2.05, 4.69) is 29.4 Å². The van der Waals surface area contributed by atoms with Gasteiger partial charge >= 0.3 is 6.09 Å². The zero-order valence-electron chi connectivity index (χ0n) is 25.2. The first-order valence-corrected chi connectivity index (χ1v) is 15.9. The van der Waals surface area contributed by atoms with E-state index in [9.17, 15) is 14.7 Å². The number of amides is 2. The van der Waals surface area contributed by atoms with Crippen LogP contribution in [0.25, 0.3) is 0 Å². The molecule has 4 aliphatic heterocycles. The van der Waals surface area contributed by atoms with Crippen molar-refractivity contribution >= 4 is 12.0 Å². The van der Waals surface area contributed by atoms with E-state index in [1.54, 1.807) is 0 Å². The molecule has 0 radical (unpaired) electrons. The summed E-state index contributed by atoms with van der Waals surface area (Å²) in [7, 11) is 0. The van der Waals surface area contributed by atoms with Crippen molar-refractivity contribution in [3.05, 3.63) is 35.9 Å². The lowest BCUT2D eigenvalue weighted by molar-refractivity contribution is -0.125. The van der Waals surface area contributed by atoms with Crippen LogP contribution in [0.4, 0.5) is 4.79 Å². The molecule has 4 aliphatic rings. The predicted octanol–water partition coefficient (Wildman–Crippen LogP) is 2.81. The van der Waals surface area contributed by atoms with Gasteiger partial charge in [0.1, 0.15) is 6.10 Å². The number of hydrogen-bond acceptors (Lipinski definition) is 8. The van der Waals surface area contributed by atoms with Crippen molar-refractivity contribution < 1.29 is 33.6 Å². The Labute approximate surface area is 249 Å². The second-order valence-electron chi connectivity index (χ2n) is 13.0. The molecule has 0 bridgehead atoms. The fraction of sp³-hybridized carbons (Fsp3) is 0.750. The van der Waals surface area contributed by atoms with E-state index >= 15 is 0 Å². The Kier molecular flexibility index (Phi) is 10.8. The number of aliphatic hydroxyl groups is 1. The fourth-order valence-electron chi connectivity index (χ4n) is 6.96. The molecule has 0 saturated carbocycles. The third kappa shape index (κ3) is 8.23. The van der Waals surface area contributed by atoms with Gasteiger partial charge in [-0.25, -0.2) is 4.79 Å². The van der Waals surface area contributed by atoms with Crippen LogP contribution >= 0.6 is 0 Å². The summed E-state index contributed by atoms with van der Waals surface area (Å²) in [6, 6.07) is 8.90. The summed E-state index contributed by atoms with van der Waals surface area (Å²) in [4.78, 5) is 28.6. The predicted molar refractivity (Wildman–Crippen MR) is 157 cm³/mol. The van der Waals surface area contributed by atoms with Gasteiger partial charge in [0, 0.05) is 51.3 Å². The van der Waals surface area contributed by atoms with E-state index in [0.29, 0.717) is 58.0 Å². The lowest BCUT2D eigenvalue weighted by atomic mass is 9.87. The van der Waals surface area contributed by atoms with Crippen molar-refractivity contribution in [2.75, 3.05) is 39.5 Å². The van der Waals surface area contributed by atoms with E-state index in [-0.39, 0.29) is 42.3 Å². The maximum atomic E-state index is 13.2. The molecule has 6 atom stereocenters. The fourth-order valence-corrected chi connectivity index (χ4v) is 6.96. The van der Waals surface area contributed by atoms with Crippen LogP contribution in [0.5, 0.6) is 0 Å². The lowest BCUT2D eigenvalue weighted by Crippen LogP contribution is -2.53. The maximum absolute atomic E-state index is 13.2. The number of ether oxygens (including phenoxy) is 4. The van der Waals surface area contributed by atoms with E-state index in [1.807, 2.05) is 30.3 Å². The highest BCUT2D eigenvalue weighted by Crippen LogP contribution is 2.33. The molecule has 3 N–H and O–H groups in total. The summed E-state index contributed by atoms with van der Waals surface area (Å²) in [6.07, 6.45) is 4.26. The molecule has 10 heteroatoms. The molecule has 1 aromatic carbocycles. The molecule has 1 aromatic rings. The number of hydrogen-bond donors (Lipinski definition) is 3. The topological polar surface area (TPSA) is 119 Å². The van der Waals surface area contributed by atoms with Crippen LogP contribution in [0.2, 0.25) is 0 Å². The molecule has 234 valence electrons. The Morgan fingerprint density at radius 1 is 1.10 bits per heavy atom. The first-order valence-electron chi connectivity index (χ1n) is 15.9. The summed E-state index contributed by atoms with van der Waals surface area (Å²) < 4.78 is 23.2. The van der Waals surface area contributed by atoms with E-state index in [0.717, 1.165) is 37.9 Å². The molecular formula is C32H49N3O7. The van der Waals surface area contributed by atoms with Gasteiger partial charge in [-0.15, -0.1) is 0 Å². The molecule has 4 saturated heterocycles. The minimum absolute atomic E-state index is 0.0112. The average Bonchev–Trinajstić information content (AvgIpc) is 3.62. The van der Waals surface area contributed by atoms with Crippen molar-refractivity contribution in [2.24, 2.45) is 5.92 Å². The van der Waals surface area contributed by atoms with Crippen LogP contribution in [0.1, 0.15) is 64.4 Å². The number of alkyl carbamates (subject to hydrolysis) is 1. The van der Waals surface area contributed by atoms with Crippen LogP contribution in [0, 0.1) is 5.92 Å². The summed E-state index contributed by atoms with van der Waals surface area (Å²) in [5, 5.41) is 17.9. The Hall–Kier alpha value is -2.24. The standard InChI is InChI=1S/C32H49N3O7/c1-22(2)20-35(26-19-32(34-30(26)37)11-15-39-16-12-32)21-27(36)25(17-23-7-4-3-5-8-23)33-31(38)42-24-10-14-41-29(18-24)28-9-6-13-40-28/h3-5,7-8,22,24-29,36H,6,9-21H2,1-2H3,(H,33,38)(H,34,37)/t24-,25?,26?,27+,28?,29?/m0/s1. The molecule has 0 aromatic heterocycles. The molecule has 4 fully saturated rings. The summed E-state index contributed by atoms with van der Waals surface area (Å²) in [6.45, 7) is 7.73. The van der Waals surface area contributed by atoms with Crippen molar-refractivity contribution in [1.29, 1.82) is 0 Å². The summed E-state index contributed by atoms with van der Waals surface area (Å²) in [5.74, 6) is 0.309. The largest absolute Gasteiger partial charge is 0.446 e. The van der Waals surface area contributed by atoms with Gasteiger partial charge in [0.05, 0.1) is 37.0 Å². The third-order valence-corrected chi connectivity index (χ3v) is 9.17. The zero-order chi connectivity index (χ0) is 29.5. The van der Waals surface area contributed by atoms with Crippen LogP contribution in [0.15, 0.2) is 30.3 Å². The smallest absolute Gasteiger partial charge is 0.407 e. The van der Waals surface area contributed by atoms with Crippen LogP contribution < -0.4 is 10.6 Å². The molecule has 4 heterocycles. The van der Waals surface area contributed by atoms with E-state index in [4.69, 9.17) is 18.9 Å². The van der Waals surface area contributed by atoms with Gasteiger partial charge < -0.3 is 34.7 Å². The highest BCUT2D eigenvalue weighted by atomic mass is 16.6. The summed E-state index contributed by atoms with van der Waals surface area (Å²) >= 11 is 0. The highest BCUT2D eigenvalue weighted by molar-refractivity contribution is 5.85. The Morgan fingerprint density at radius 2 is 1.86 bits per heavy atom.